The summed E-state index contributed by atoms with van der Waals surface area (Å²) in [4.78, 5) is 2.61. The van der Waals surface area contributed by atoms with Crippen LogP contribution in [0.5, 0.6) is 0 Å². The number of fused-ring (bicyclic) bond motifs is 8. The first-order valence-electron chi connectivity index (χ1n) is 22.8. The molecule has 2 heterocycles. The van der Waals surface area contributed by atoms with E-state index in [-0.39, 0.29) is 10.8 Å². The van der Waals surface area contributed by atoms with Gasteiger partial charge in [-0.15, -0.1) is 11.3 Å². The summed E-state index contributed by atoms with van der Waals surface area (Å²) in [6.45, 7) is 14.4. The van der Waals surface area contributed by atoms with Crippen LogP contribution in [0, 0.1) is 13.8 Å². The fraction of sp³-hybridized carbons (Fsp3) is 0.167. The molecule has 0 bridgehead atoms. The third kappa shape index (κ3) is 6.29. The van der Waals surface area contributed by atoms with Gasteiger partial charge in [-0.2, -0.15) is 0 Å². The lowest BCUT2D eigenvalue weighted by Crippen LogP contribution is -2.41. The van der Waals surface area contributed by atoms with Gasteiger partial charge in [0.05, 0.1) is 0 Å². The molecule has 0 amide bonds. The van der Waals surface area contributed by atoms with Crippen LogP contribution < -0.4 is 21.1 Å². The number of aryl methyl sites for hydroxylation is 2. The zero-order chi connectivity index (χ0) is 43.5. The van der Waals surface area contributed by atoms with E-state index in [0.29, 0.717) is 0 Å². The van der Waals surface area contributed by atoms with Crippen molar-refractivity contribution in [1.82, 2.24) is 0 Å². The van der Waals surface area contributed by atoms with Gasteiger partial charge in [-0.25, -0.2) is 0 Å². The first kappa shape index (κ1) is 39.0. The number of hydrogen-bond acceptors (Lipinski definition) is 3. The van der Waals surface area contributed by atoms with Crippen molar-refractivity contribution in [3.63, 3.8) is 0 Å². The molecule has 9 aromatic carbocycles. The first-order chi connectivity index (χ1) is 31.0. The van der Waals surface area contributed by atoms with Crippen LogP contribution in [0.3, 0.4) is 0 Å². The summed E-state index contributed by atoms with van der Waals surface area (Å²) in [5.41, 5.74) is 18.9. The van der Waals surface area contributed by atoms with E-state index in [1.807, 2.05) is 11.3 Å². The van der Waals surface area contributed by atoms with Crippen molar-refractivity contribution in [3.05, 3.63) is 186 Å². The summed E-state index contributed by atoms with van der Waals surface area (Å²) < 4.78 is 2.59. The predicted molar refractivity (Wildman–Crippen MR) is 279 cm³/mol. The second-order valence-electron chi connectivity index (χ2n) is 19.7. The van der Waals surface area contributed by atoms with E-state index < -0.39 is 0 Å². The lowest BCUT2D eigenvalue weighted by molar-refractivity contribution is 0.332. The number of hydrogen-bond donors (Lipinski definition) is 1. The first-order valence-corrected chi connectivity index (χ1v) is 23.6. The van der Waals surface area contributed by atoms with Gasteiger partial charge in [0.25, 0.3) is 0 Å². The highest BCUT2D eigenvalue weighted by molar-refractivity contribution is 7.26. The summed E-state index contributed by atoms with van der Waals surface area (Å²) in [5.74, 6) is 0. The van der Waals surface area contributed by atoms with Crippen LogP contribution in [-0.4, -0.2) is 7.28 Å². The van der Waals surface area contributed by atoms with Crippen LogP contribution in [0.2, 0.25) is 0 Å². The molecule has 0 fully saturated rings. The molecule has 0 atom stereocenters. The SMILES string of the molecule is Cc1cc(-c2c(Nc3ccc(-c4ccccc4)cc3)ccc3sc4cc5ccccc5cc4c23)c2c(c1)N(c1cc3c(cc1C)C(C)(C)CCC3(C)C)c1cc3ccccc3cc1[B]2. The smallest absolute Gasteiger partial charge is 0.197 e. The average molecular weight is 842 g/mol. The molecule has 1 aromatic heterocycles. The summed E-state index contributed by atoms with van der Waals surface area (Å²) in [7, 11) is 2.48. The Balaban J connectivity index is 1.13. The lowest BCUT2D eigenvalue weighted by Gasteiger charge is -2.44. The van der Waals surface area contributed by atoms with Gasteiger partial charge in [-0.05, 0) is 158 Å². The Labute approximate surface area is 381 Å². The molecule has 0 unspecified atom stereocenters. The Bertz CT molecular complexity index is 3520. The quantitative estimate of drug-likeness (QED) is 0.174. The minimum atomic E-state index is 0.0711. The molecule has 12 rings (SSSR count). The van der Waals surface area contributed by atoms with Crippen molar-refractivity contribution >= 4 is 99.7 Å². The number of anilines is 5. The molecule has 64 heavy (non-hydrogen) atoms. The third-order valence-corrected chi connectivity index (χ3v) is 15.6. The van der Waals surface area contributed by atoms with Gasteiger partial charge in [0, 0.05) is 54.2 Å². The minimum Gasteiger partial charge on any atom is -0.355 e. The lowest BCUT2D eigenvalue weighted by atomic mass is 9.57. The monoisotopic (exact) mass is 841 g/mol. The standard InChI is InChI=1S/C60H50BN2S/c1-36-28-46(56-50(62-44-22-20-39(21-23-44)38-14-8-7-9-15-38)24-25-54-57(56)45-31-40-16-10-13-19-43(40)34-55(45)64-54)58-53(29-36)63(52-33-42-18-12-11-17-41(42)32-49(52)61-58)51-35-48-47(30-37(51)2)59(3,4)26-27-60(48,5)6/h7-25,28-35,62H,26-27H2,1-6H3. The second-order valence-corrected chi connectivity index (χ2v) is 20.7. The van der Waals surface area contributed by atoms with Crippen LogP contribution in [0.15, 0.2) is 164 Å². The maximum atomic E-state index is 3.98. The molecule has 2 nitrogen and oxygen atoms in total. The highest BCUT2D eigenvalue weighted by Gasteiger charge is 2.39. The minimum absolute atomic E-state index is 0.0711. The Morgan fingerprint density at radius 2 is 1.17 bits per heavy atom. The van der Waals surface area contributed by atoms with E-state index in [9.17, 15) is 0 Å². The van der Waals surface area contributed by atoms with E-state index in [2.05, 4.69) is 223 Å². The summed E-state index contributed by atoms with van der Waals surface area (Å²) in [6, 6.07) is 61.4. The maximum Gasteiger partial charge on any atom is 0.197 e. The summed E-state index contributed by atoms with van der Waals surface area (Å²) in [5, 5.41) is 11.6. The zero-order valence-electron chi connectivity index (χ0n) is 37.4. The van der Waals surface area contributed by atoms with Crippen LogP contribution in [-0.2, 0) is 10.8 Å². The fourth-order valence-electron chi connectivity index (χ4n) is 10.8. The van der Waals surface area contributed by atoms with Crippen LogP contribution in [0.25, 0.3) is 64.0 Å². The molecule has 2 aliphatic rings. The van der Waals surface area contributed by atoms with Gasteiger partial charge in [-0.3, -0.25) is 0 Å². The number of rotatable bonds is 5. The van der Waals surface area contributed by atoms with E-state index in [1.54, 1.807) is 0 Å². The van der Waals surface area contributed by atoms with Crippen molar-refractivity contribution < 1.29 is 0 Å². The van der Waals surface area contributed by atoms with E-state index >= 15 is 0 Å². The molecular formula is C60H50BN2S. The van der Waals surface area contributed by atoms with Gasteiger partial charge in [-0.1, -0.05) is 142 Å². The number of thiophene rings is 1. The summed E-state index contributed by atoms with van der Waals surface area (Å²) >= 11 is 1.90. The van der Waals surface area contributed by atoms with Crippen molar-refractivity contribution in [2.45, 2.75) is 65.2 Å². The van der Waals surface area contributed by atoms with E-state index in [1.165, 1.54) is 127 Å². The van der Waals surface area contributed by atoms with E-state index in [4.69, 9.17) is 0 Å². The largest absolute Gasteiger partial charge is 0.355 e. The van der Waals surface area contributed by atoms with E-state index in [0.717, 1.165) is 11.4 Å². The molecule has 0 spiro atoms. The van der Waals surface area contributed by atoms with Crippen molar-refractivity contribution in [1.29, 1.82) is 0 Å². The van der Waals surface area contributed by atoms with Gasteiger partial charge in [0.1, 0.15) is 0 Å². The van der Waals surface area contributed by atoms with Gasteiger partial charge in [0.2, 0.25) is 0 Å². The Morgan fingerprint density at radius 1 is 0.547 bits per heavy atom. The fourth-order valence-corrected chi connectivity index (χ4v) is 12.0. The van der Waals surface area contributed by atoms with Crippen molar-refractivity contribution in [2.24, 2.45) is 0 Å². The molecule has 0 saturated carbocycles. The molecule has 4 heteroatoms. The molecular weight excluding hydrogens is 792 g/mol. The normalized spacial score (nSPS) is 14.9. The Kier molecular flexibility index (Phi) is 8.81. The molecule has 0 saturated heterocycles. The molecule has 10 aromatic rings. The highest BCUT2D eigenvalue weighted by atomic mass is 32.1. The number of nitrogens with one attached hydrogen (secondary N) is 1. The number of benzene rings is 9. The van der Waals surface area contributed by atoms with Crippen LogP contribution >= 0.6 is 11.3 Å². The molecule has 1 radical (unpaired) electrons. The molecule has 1 N–H and O–H groups in total. The Morgan fingerprint density at radius 3 is 1.89 bits per heavy atom. The topological polar surface area (TPSA) is 15.3 Å². The molecule has 309 valence electrons. The highest BCUT2D eigenvalue weighted by Crippen LogP contribution is 2.51. The molecule has 1 aliphatic carbocycles. The second kappa shape index (κ2) is 14.5. The van der Waals surface area contributed by atoms with Gasteiger partial charge >= 0.3 is 0 Å². The van der Waals surface area contributed by atoms with Crippen molar-refractivity contribution in [2.75, 3.05) is 10.2 Å². The maximum absolute atomic E-state index is 3.98. The van der Waals surface area contributed by atoms with Gasteiger partial charge < -0.3 is 10.2 Å². The van der Waals surface area contributed by atoms with Crippen LogP contribution in [0.4, 0.5) is 28.4 Å². The zero-order valence-corrected chi connectivity index (χ0v) is 38.3. The number of nitrogens with zero attached hydrogens (tertiary/aromatic N) is 1. The summed E-state index contributed by atoms with van der Waals surface area (Å²) in [6.07, 6.45) is 2.36. The van der Waals surface area contributed by atoms with Crippen LogP contribution in [0.1, 0.15) is 62.8 Å². The Hall–Kier alpha value is -6.62. The predicted octanol–water partition coefficient (Wildman–Crippen LogP) is 15.8. The average Bonchev–Trinajstić information content (AvgIpc) is 3.66. The molecule has 1 aliphatic heterocycles. The third-order valence-electron chi connectivity index (χ3n) is 14.4. The van der Waals surface area contributed by atoms with Crippen molar-refractivity contribution in [3.8, 4) is 22.3 Å². The van der Waals surface area contributed by atoms with Gasteiger partial charge in [0.15, 0.2) is 7.28 Å².